The number of hydrogen-bond donors (Lipinski definition) is 0. The van der Waals surface area contributed by atoms with Gasteiger partial charge in [0.25, 0.3) is 0 Å². The number of ether oxygens (including phenoxy) is 2. The van der Waals surface area contributed by atoms with Gasteiger partial charge in [-0.25, -0.2) is 4.79 Å². The normalized spacial score (nSPS) is 14.7. The van der Waals surface area contributed by atoms with E-state index in [-0.39, 0.29) is 6.09 Å². The standard InChI is InChI=1S/C13H16ClNO3/c1-2-17-12-9-10(5-6-11(12)14)18-13(16)15-7-3-4-8-15/h5-6,9H,2-4,7-8H2,1H3. The molecule has 18 heavy (non-hydrogen) atoms. The molecule has 4 nitrogen and oxygen atoms in total. The van der Waals surface area contributed by atoms with Gasteiger partial charge in [0.15, 0.2) is 0 Å². The fourth-order valence-corrected chi connectivity index (χ4v) is 2.05. The number of hydrogen-bond acceptors (Lipinski definition) is 3. The molecule has 98 valence electrons. The molecule has 0 aromatic heterocycles. The second-order valence-corrected chi connectivity index (χ2v) is 4.49. The minimum Gasteiger partial charge on any atom is -0.492 e. The maximum absolute atomic E-state index is 11.8. The van der Waals surface area contributed by atoms with E-state index in [9.17, 15) is 4.79 Å². The second-order valence-electron chi connectivity index (χ2n) is 4.09. The molecule has 0 atom stereocenters. The average Bonchev–Trinajstić information content (AvgIpc) is 2.87. The van der Waals surface area contributed by atoms with Crippen molar-refractivity contribution in [3.05, 3.63) is 23.2 Å². The lowest BCUT2D eigenvalue weighted by Crippen LogP contribution is -2.30. The first-order chi connectivity index (χ1) is 8.70. The molecular formula is C13H16ClNO3. The molecule has 1 aliphatic rings. The van der Waals surface area contributed by atoms with Crippen molar-refractivity contribution in [1.29, 1.82) is 0 Å². The number of halogens is 1. The molecule has 5 heteroatoms. The van der Waals surface area contributed by atoms with Crippen LogP contribution in [0.1, 0.15) is 19.8 Å². The summed E-state index contributed by atoms with van der Waals surface area (Å²) in [5.41, 5.74) is 0. The van der Waals surface area contributed by atoms with Crippen LogP contribution in [0.25, 0.3) is 0 Å². The van der Waals surface area contributed by atoms with Crippen LogP contribution in [0.2, 0.25) is 5.02 Å². The van der Waals surface area contributed by atoms with Crippen molar-refractivity contribution in [2.24, 2.45) is 0 Å². The molecule has 0 radical (unpaired) electrons. The smallest absolute Gasteiger partial charge is 0.415 e. The van der Waals surface area contributed by atoms with Crippen molar-refractivity contribution < 1.29 is 14.3 Å². The first-order valence-electron chi connectivity index (χ1n) is 6.10. The van der Waals surface area contributed by atoms with E-state index in [1.54, 1.807) is 23.1 Å². The Bertz CT molecular complexity index is 430. The Morgan fingerprint density at radius 3 is 2.78 bits per heavy atom. The van der Waals surface area contributed by atoms with Crippen LogP contribution in [0.15, 0.2) is 18.2 Å². The zero-order valence-corrected chi connectivity index (χ0v) is 11.1. The highest BCUT2D eigenvalue weighted by atomic mass is 35.5. The van der Waals surface area contributed by atoms with Gasteiger partial charge in [-0.05, 0) is 31.9 Å². The van der Waals surface area contributed by atoms with E-state index in [4.69, 9.17) is 21.1 Å². The van der Waals surface area contributed by atoms with Crippen LogP contribution in [0.5, 0.6) is 11.5 Å². The van der Waals surface area contributed by atoms with Crippen molar-refractivity contribution in [3.8, 4) is 11.5 Å². The maximum atomic E-state index is 11.8. The summed E-state index contributed by atoms with van der Waals surface area (Å²) in [6, 6.07) is 4.97. The van der Waals surface area contributed by atoms with E-state index >= 15 is 0 Å². The zero-order valence-electron chi connectivity index (χ0n) is 10.3. The molecule has 0 N–H and O–H groups in total. The van der Waals surface area contributed by atoms with E-state index < -0.39 is 0 Å². The van der Waals surface area contributed by atoms with Crippen molar-refractivity contribution in [2.45, 2.75) is 19.8 Å². The third-order valence-electron chi connectivity index (χ3n) is 2.77. The molecule has 0 unspecified atom stereocenters. The molecule has 1 saturated heterocycles. The quantitative estimate of drug-likeness (QED) is 0.845. The first-order valence-corrected chi connectivity index (χ1v) is 6.47. The molecule has 1 aromatic carbocycles. The summed E-state index contributed by atoms with van der Waals surface area (Å²) in [6.07, 6.45) is 1.78. The predicted octanol–water partition coefficient (Wildman–Crippen LogP) is 3.33. The molecule has 0 spiro atoms. The molecule has 1 fully saturated rings. The molecule has 1 aliphatic heterocycles. The van der Waals surface area contributed by atoms with Crippen molar-refractivity contribution in [3.63, 3.8) is 0 Å². The molecule has 0 saturated carbocycles. The summed E-state index contributed by atoms with van der Waals surface area (Å²) in [6.45, 7) is 3.93. The second kappa shape index (κ2) is 5.96. The molecule has 2 rings (SSSR count). The van der Waals surface area contributed by atoms with Crippen molar-refractivity contribution in [2.75, 3.05) is 19.7 Å². The third-order valence-corrected chi connectivity index (χ3v) is 3.08. The molecular weight excluding hydrogens is 254 g/mol. The SMILES string of the molecule is CCOc1cc(OC(=O)N2CCCC2)ccc1Cl. The topological polar surface area (TPSA) is 38.8 Å². The number of likely N-dealkylation sites (tertiary alicyclic amines) is 1. The van der Waals surface area contributed by atoms with Crippen LogP contribution in [0.3, 0.4) is 0 Å². The lowest BCUT2D eigenvalue weighted by Gasteiger charge is -2.15. The Hall–Kier alpha value is -1.42. The molecule has 0 aliphatic carbocycles. The highest BCUT2D eigenvalue weighted by Gasteiger charge is 2.20. The monoisotopic (exact) mass is 269 g/mol. The predicted molar refractivity (Wildman–Crippen MR) is 69.5 cm³/mol. The van der Waals surface area contributed by atoms with E-state index in [1.165, 1.54) is 0 Å². The molecule has 0 bridgehead atoms. The third kappa shape index (κ3) is 3.07. The molecule has 1 amide bonds. The summed E-state index contributed by atoms with van der Waals surface area (Å²) in [4.78, 5) is 13.5. The Balaban J connectivity index is 2.04. The van der Waals surface area contributed by atoms with Crippen LogP contribution in [-0.4, -0.2) is 30.7 Å². The van der Waals surface area contributed by atoms with Crippen molar-refractivity contribution in [1.82, 2.24) is 4.90 Å². The van der Waals surface area contributed by atoms with E-state index in [1.807, 2.05) is 6.92 Å². The lowest BCUT2D eigenvalue weighted by atomic mass is 10.3. The first kappa shape index (κ1) is 13.0. The van der Waals surface area contributed by atoms with Gasteiger partial charge in [-0.3, -0.25) is 0 Å². The van der Waals surface area contributed by atoms with Crippen molar-refractivity contribution >= 4 is 17.7 Å². The van der Waals surface area contributed by atoms with Gasteiger partial charge < -0.3 is 14.4 Å². The van der Waals surface area contributed by atoms with Gasteiger partial charge in [-0.2, -0.15) is 0 Å². The number of benzene rings is 1. The fourth-order valence-electron chi connectivity index (χ4n) is 1.88. The van der Waals surface area contributed by atoms with Gasteiger partial charge in [0.1, 0.15) is 11.5 Å². The van der Waals surface area contributed by atoms with Gasteiger partial charge in [-0.1, -0.05) is 11.6 Å². The number of nitrogens with zero attached hydrogens (tertiary/aromatic N) is 1. The zero-order chi connectivity index (χ0) is 13.0. The van der Waals surface area contributed by atoms with Crippen LogP contribution in [0.4, 0.5) is 4.79 Å². The number of amides is 1. The molecule has 1 heterocycles. The van der Waals surface area contributed by atoms with Gasteiger partial charge in [0, 0.05) is 19.2 Å². The minimum absolute atomic E-state index is 0.308. The summed E-state index contributed by atoms with van der Waals surface area (Å²) in [7, 11) is 0. The Morgan fingerprint density at radius 2 is 2.11 bits per heavy atom. The number of rotatable bonds is 3. The Kier molecular flexibility index (Phi) is 4.31. The van der Waals surface area contributed by atoms with Gasteiger partial charge in [0.05, 0.1) is 11.6 Å². The van der Waals surface area contributed by atoms with Gasteiger partial charge in [-0.15, -0.1) is 0 Å². The van der Waals surface area contributed by atoms with Crippen LogP contribution in [-0.2, 0) is 0 Å². The van der Waals surface area contributed by atoms with Crippen LogP contribution < -0.4 is 9.47 Å². The largest absolute Gasteiger partial charge is 0.492 e. The van der Waals surface area contributed by atoms with Gasteiger partial charge in [0.2, 0.25) is 0 Å². The highest BCUT2D eigenvalue weighted by molar-refractivity contribution is 6.32. The number of carbonyl (C=O) groups excluding carboxylic acids is 1. The summed E-state index contributed by atoms with van der Waals surface area (Å²) < 4.78 is 10.6. The summed E-state index contributed by atoms with van der Waals surface area (Å²) in [5, 5.41) is 0.512. The highest BCUT2D eigenvalue weighted by Crippen LogP contribution is 2.29. The summed E-state index contributed by atoms with van der Waals surface area (Å²) in [5.74, 6) is 0.991. The van der Waals surface area contributed by atoms with Crippen LogP contribution >= 0.6 is 11.6 Å². The summed E-state index contributed by atoms with van der Waals surface area (Å²) >= 11 is 5.96. The van der Waals surface area contributed by atoms with E-state index in [2.05, 4.69) is 0 Å². The van der Waals surface area contributed by atoms with Crippen LogP contribution in [0, 0.1) is 0 Å². The Labute approximate surface area is 111 Å². The maximum Gasteiger partial charge on any atom is 0.415 e. The minimum atomic E-state index is -0.308. The van der Waals surface area contributed by atoms with E-state index in [0.717, 1.165) is 25.9 Å². The van der Waals surface area contributed by atoms with Gasteiger partial charge >= 0.3 is 6.09 Å². The van der Waals surface area contributed by atoms with E-state index in [0.29, 0.717) is 23.1 Å². The lowest BCUT2D eigenvalue weighted by molar-refractivity contribution is 0.162. The molecule has 1 aromatic rings. The number of carbonyl (C=O) groups is 1. The Morgan fingerprint density at radius 1 is 1.39 bits per heavy atom. The fraction of sp³-hybridized carbons (Fsp3) is 0.462. The average molecular weight is 270 g/mol.